The number of carbonyl (C=O) groups excluding carboxylic acids is 2. The molecular formula is C31H33F3N6O7. The van der Waals surface area contributed by atoms with Gasteiger partial charge in [-0.1, -0.05) is 0 Å². The van der Waals surface area contributed by atoms with E-state index in [0.717, 1.165) is 4.90 Å². The van der Waals surface area contributed by atoms with Crippen LogP contribution in [-0.2, 0) is 9.47 Å². The van der Waals surface area contributed by atoms with E-state index in [1.165, 1.54) is 24.5 Å². The Morgan fingerprint density at radius 2 is 1.79 bits per heavy atom. The third-order valence-electron chi connectivity index (χ3n) is 8.16. The fraction of sp³-hybridized carbons (Fsp3) is 0.452. The minimum Gasteiger partial charge on any atom is -0.474 e. The van der Waals surface area contributed by atoms with E-state index in [-0.39, 0.29) is 71.9 Å². The van der Waals surface area contributed by atoms with Crippen LogP contribution >= 0.6 is 0 Å². The van der Waals surface area contributed by atoms with Crippen LogP contribution in [0.4, 0.5) is 44.7 Å². The Hall–Kier alpha value is -4.86. The van der Waals surface area contributed by atoms with Crippen molar-refractivity contribution in [1.29, 1.82) is 0 Å². The van der Waals surface area contributed by atoms with Crippen LogP contribution in [0.25, 0.3) is 21.9 Å². The number of aromatic nitrogens is 2. The van der Waals surface area contributed by atoms with Crippen LogP contribution in [0.15, 0.2) is 24.5 Å². The number of carbonyl (C=O) groups is 3. The summed E-state index contributed by atoms with van der Waals surface area (Å²) in [5.41, 5.74) is -0.391. The summed E-state index contributed by atoms with van der Waals surface area (Å²) < 4.78 is 59.1. The SMILES string of the molecule is Cc1c(-c2cc3cc(NC(=O)O[C@H]4C[C@@H](N5CC(F)(F)C5)C4)ncc3c(NC(=O)OC(C)(C)C)c2F)cnc2c1N(C(=O)O)CCO2. The van der Waals surface area contributed by atoms with E-state index in [1.807, 2.05) is 0 Å². The first kappa shape index (κ1) is 32.1. The van der Waals surface area contributed by atoms with Crippen LogP contribution in [0, 0.1) is 12.7 Å². The Kier molecular flexibility index (Phi) is 8.02. The molecule has 3 aromatic rings. The van der Waals surface area contributed by atoms with Crippen molar-refractivity contribution in [2.45, 2.75) is 64.2 Å². The van der Waals surface area contributed by atoms with Gasteiger partial charge >= 0.3 is 18.3 Å². The van der Waals surface area contributed by atoms with Crippen LogP contribution in [-0.4, -0.2) is 88.2 Å². The van der Waals surface area contributed by atoms with Crippen molar-refractivity contribution in [2.75, 3.05) is 41.8 Å². The Labute approximate surface area is 267 Å². The number of ether oxygens (including phenoxy) is 3. The van der Waals surface area contributed by atoms with Crippen molar-refractivity contribution in [3.8, 4) is 17.0 Å². The lowest BCUT2D eigenvalue weighted by atomic mass is 9.85. The van der Waals surface area contributed by atoms with E-state index in [2.05, 4.69) is 20.6 Å². The van der Waals surface area contributed by atoms with Gasteiger partial charge < -0.3 is 19.3 Å². The molecule has 47 heavy (non-hydrogen) atoms. The molecule has 1 aliphatic carbocycles. The lowest BCUT2D eigenvalue weighted by Crippen LogP contribution is -2.63. The molecule has 0 unspecified atom stereocenters. The molecule has 0 radical (unpaired) electrons. The second kappa shape index (κ2) is 11.7. The van der Waals surface area contributed by atoms with Gasteiger partial charge in [0.15, 0.2) is 5.82 Å². The number of fused-ring (bicyclic) bond motifs is 2. The van der Waals surface area contributed by atoms with E-state index in [4.69, 9.17) is 14.2 Å². The van der Waals surface area contributed by atoms with E-state index >= 15 is 4.39 Å². The molecule has 2 aliphatic heterocycles. The Morgan fingerprint density at radius 3 is 2.45 bits per heavy atom. The van der Waals surface area contributed by atoms with Crippen molar-refractivity contribution in [3.63, 3.8) is 0 Å². The van der Waals surface area contributed by atoms with Gasteiger partial charge in [-0.2, -0.15) is 0 Å². The van der Waals surface area contributed by atoms with Crippen molar-refractivity contribution < 1.29 is 46.9 Å². The Bertz CT molecular complexity index is 1770. The fourth-order valence-electron chi connectivity index (χ4n) is 5.89. The fourth-order valence-corrected chi connectivity index (χ4v) is 5.89. The zero-order valence-electron chi connectivity index (χ0n) is 26.0. The minimum atomic E-state index is -2.67. The van der Waals surface area contributed by atoms with Crippen LogP contribution in [0.2, 0.25) is 0 Å². The lowest BCUT2D eigenvalue weighted by molar-refractivity contribution is -0.167. The van der Waals surface area contributed by atoms with Crippen molar-refractivity contribution in [3.05, 3.63) is 35.9 Å². The van der Waals surface area contributed by atoms with Gasteiger partial charge in [0.05, 0.1) is 25.3 Å². The number of hydrogen-bond donors (Lipinski definition) is 3. The number of halogens is 3. The summed E-state index contributed by atoms with van der Waals surface area (Å²) in [4.78, 5) is 48.6. The first-order valence-electron chi connectivity index (χ1n) is 14.9. The van der Waals surface area contributed by atoms with E-state index < -0.39 is 41.7 Å². The number of rotatable bonds is 5. The van der Waals surface area contributed by atoms with E-state index in [1.54, 1.807) is 32.6 Å². The summed E-state index contributed by atoms with van der Waals surface area (Å²) in [6.07, 6.45) is 0.118. The summed E-state index contributed by atoms with van der Waals surface area (Å²) in [6, 6.07) is 2.86. The van der Waals surface area contributed by atoms with Crippen molar-refractivity contribution in [1.82, 2.24) is 14.9 Å². The molecule has 1 saturated carbocycles. The van der Waals surface area contributed by atoms with E-state index in [0.29, 0.717) is 23.8 Å². The van der Waals surface area contributed by atoms with Crippen LogP contribution in [0.1, 0.15) is 39.2 Å². The predicted octanol–water partition coefficient (Wildman–Crippen LogP) is 6.00. The number of hydrogen-bond acceptors (Lipinski definition) is 9. The Morgan fingerprint density at radius 1 is 1.06 bits per heavy atom. The number of likely N-dealkylation sites (tertiary alicyclic amines) is 1. The molecule has 13 nitrogen and oxygen atoms in total. The van der Waals surface area contributed by atoms with Crippen LogP contribution in [0.3, 0.4) is 0 Å². The van der Waals surface area contributed by atoms with Crippen LogP contribution < -0.4 is 20.3 Å². The average molecular weight is 659 g/mol. The van der Waals surface area contributed by atoms with Gasteiger partial charge in [-0.05, 0) is 50.8 Å². The van der Waals surface area contributed by atoms with Crippen LogP contribution in [0.5, 0.6) is 5.88 Å². The zero-order chi connectivity index (χ0) is 33.8. The second-order valence-corrected chi connectivity index (χ2v) is 12.8. The highest BCUT2D eigenvalue weighted by molar-refractivity contribution is 6.04. The van der Waals surface area contributed by atoms with Crippen molar-refractivity contribution >= 4 is 46.2 Å². The topological polar surface area (TPSA) is 155 Å². The highest BCUT2D eigenvalue weighted by atomic mass is 19.3. The molecule has 3 N–H and O–H groups in total. The summed E-state index contributed by atoms with van der Waals surface area (Å²) in [6.45, 7) is 6.13. The van der Waals surface area contributed by atoms with Gasteiger partial charge in [0.2, 0.25) is 5.88 Å². The molecule has 250 valence electrons. The summed E-state index contributed by atoms with van der Waals surface area (Å²) in [7, 11) is 0. The third-order valence-corrected chi connectivity index (χ3v) is 8.16. The normalized spacial score (nSPS) is 20.3. The number of nitrogens with one attached hydrogen (secondary N) is 2. The van der Waals surface area contributed by atoms with Gasteiger partial charge in [0.1, 0.15) is 29.8 Å². The van der Waals surface area contributed by atoms with Gasteiger partial charge in [0, 0.05) is 47.8 Å². The molecule has 6 rings (SSSR count). The van der Waals surface area contributed by atoms with Crippen molar-refractivity contribution in [2.24, 2.45) is 0 Å². The molecule has 3 amide bonds. The van der Waals surface area contributed by atoms with Gasteiger partial charge in [-0.25, -0.2) is 37.5 Å². The number of pyridine rings is 2. The lowest BCUT2D eigenvalue weighted by Gasteiger charge is -2.49. The minimum absolute atomic E-state index is 0.0240. The molecule has 0 spiro atoms. The molecule has 2 fully saturated rings. The number of amides is 3. The van der Waals surface area contributed by atoms with Gasteiger partial charge in [0.25, 0.3) is 5.92 Å². The first-order valence-corrected chi connectivity index (χ1v) is 14.9. The molecule has 0 bridgehead atoms. The third kappa shape index (κ3) is 6.54. The second-order valence-electron chi connectivity index (χ2n) is 12.8. The molecule has 1 aromatic carbocycles. The summed E-state index contributed by atoms with van der Waals surface area (Å²) in [5, 5.41) is 15.3. The smallest absolute Gasteiger partial charge is 0.413 e. The van der Waals surface area contributed by atoms with E-state index in [9.17, 15) is 28.3 Å². The molecule has 0 atom stereocenters. The standard InChI is InChI=1S/C31H33F3N6O7/c1-15-20(11-36-26-25(15)40(29(43)44)5-6-45-26)19-7-16-8-22(35-12-21(16)24(23(19)32)38-28(42)47-30(2,3)4)37-27(41)46-18-9-17(10-18)39-13-31(33,34)14-39/h7-8,11-12,17-18H,5-6,9-10,13-14H2,1-4H3,(H,38,42)(H,43,44)(H,35,37,41)/t17-,18+. The first-order chi connectivity index (χ1) is 22.1. The molecule has 3 aliphatic rings. The maximum absolute atomic E-state index is 16.4. The summed E-state index contributed by atoms with van der Waals surface area (Å²) >= 11 is 0. The molecule has 2 aromatic heterocycles. The predicted molar refractivity (Wildman–Crippen MR) is 164 cm³/mol. The monoisotopic (exact) mass is 658 g/mol. The largest absolute Gasteiger partial charge is 0.474 e. The zero-order valence-corrected chi connectivity index (χ0v) is 26.0. The van der Waals surface area contributed by atoms with Gasteiger partial charge in [-0.15, -0.1) is 0 Å². The summed E-state index contributed by atoms with van der Waals surface area (Å²) in [5.74, 6) is -3.37. The average Bonchev–Trinajstić information content (AvgIpc) is 2.94. The highest BCUT2D eigenvalue weighted by Crippen LogP contribution is 2.42. The number of alkyl halides is 2. The maximum atomic E-state index is 16.4. The quantitative estimate of drug-likeness (QED) is 0.297. The number of carboxylic acid groups (broad SMARTS) is 1. The maximum Gasteiger partial charge on any atom is 0.413 e. The molecule has 4 heterocycles. The van der Waals surface area contributed by atoms with Gasteiger partial charge in [-0.3, -0.25) is 20.4 Å². The molecular weight excluding hydrogens is 625 g/mol. The number of benzene rings is 1. The molecule has 16 heteroatoms. The number of nitrogens with zero attached hydrogens (tertiary/aromatic N) is 4. The molecule has 1 saturated heterocycles. The highest BCUT2D eigenvalue weighted by Gasteiger charge is 2.50. The Balaban J connectivity index is 1.30. The number of anilines is 3.